The van der Waals surface area contributed by atoms with Gasteiger partial charge in [-0.2, -0.15) is 0 Å². The second kappa shape index (κ2) is 8.07. The lowest BCUT2D eigenvalue weighted by Gasteiger charge is -2.18. The zero-order chi connectivity index (χ0) is 14.1. The van der Waals surface area contributed by atoms with Crippen LogP contribution in [-0.4, -0.2) is 23.5 Å². The molecular weight excluding hydrogens is 244 g/mol. The third-order valence-electron chi connectivity index (χ3n) is 2.66. The quantitative estimate of drug-likeness (QED) is 0.687. The van der Waals surface area contributed by atoms with Crippen LogP contribution >= 0.6 is 0 Å². The number of aromatic nitrogens is 1. The van der Waals surface area contributed by atoms with Gasteiger partial charge in [0.25, 0.3) is 0 Å². The van der Waals surface area contributed by atoms with E-state index < -0.39 is 11.9 Å². The molecule has 104 valence electrons. The molecule has 1 heterocycles. The van der Waals surface area contributed by atoms with Crippen LogP contribution in [0.2, 0.25) is 0 Å². The average molecular weight is 264 g/mol. The summed E-state index contributed by atoms with van der Waals surface area (Å²) in [7, 11) is 0. The minimum Gasteiger partial charge on any atom is -0.368 e. The number of nitrogens with two attached hydrogens (primary N) is 1. The number of urea groups is 1. The van der Waals surface area contributed by atoms with Crippen LogP contribution in [0.4, 0.5) is 4.79 Å². The molecule has 0 saturated carbocycles. The van der Waals surface area contributed by atoms with Crippen LogP contribution in [0.5, 0.6) is 0 Å². The third-order valence-corrected chi connectivity index (χ3v) is 2.66. The van der Waals surface area contributed by atoms with E-state index in [0.29, 0.717) is 0 Å². The maximum Gasteiger partial charge on any atom is 0.315 e. The Morgan fingerprint density at radius 1 is 1.47 bits per heavy atom. The summed E-state index contributed by atoms with van der Waals surface area (Å²) in [4.78, 5) is 26.3. The Kier molecular flexibility index (Phi) is 6.35. The van der Waals surface area contributed by atoms with Crippen molar-refractivity contribution in [3.8, 4) is 0 Å². The lowest BCUT2D eigenvalue weighted by atomic mass is 10.0. The number of primary amides is 1. The van der Waals surface area contributed by atoms with E-state index in [0.717, 1.165) is 24.8 Å². The normalized spacial score (nSPS) is 11.6. The maximum atomic E-state index is 11.6. The molecule has 0 unspecified atom stereocenters. The zero-order valence-electron chi connectivity index (χ0n) is 11.1. The molecule has 1 rings (SSSR count). The molecule has 0 spiro atoms. The van der Waals surface area contributed by atoms with Crippen molar-refractivity contribution < 1.29 is 9.59 Å². The molecule has 19 heavy (non-hydrogen) atoms. The van der Waals surface area contributed by atoms with Crippen molar-refractivity contribution in [1.82, 2.24) is 15.6 Å². The third kappa shape index (κ3) is 5.85. The van der Waals surface area contributed by atoms with Gasteiger partial charge < -0.3 is 16.4 Å². The standard InChI is InChI=1S/C13H20N4O2/c1-2-3-6-11(10-5-4-7-15-8-10)17-13(19)16-9-12(14)18/h4-5,7-8,11H,2-3,6,9H2,1H3,(H2,14,18)(H2,16,17,19)/t11-/m0/s1. The van der Waals surface area contributed by atoms with Crippen LogP contribution in [0.15, 0.2) is 24.5 Å². The molecule has 0 bridgehead atoms. The summed E-state index contributed by atoms with van der Waals surface area (Å²) in [5.74, 6) is -0.568. The minimum atomic E-state index is -0.568. The number of carbonyl (C=O) groups is 2. The molecule has 0 aliphatic heterocycles. The molecule has 0 aliphatic rings. The maximum absolute atomic E-state index is 11.6. The molecule has 6 heteroatoms. The molecule has 0 aromatic carbocycles. The van der Waals surface area contributed by atoms with Crippen LogP contribution in [0, 0.1) is 0 Å². The van der Waals surface area contributed by atoms with Gasteiger partial charge in [0.2, 0.25) is 5.91 Å². The Balaban J connectivity index is 2.59. The second-order valence-electron chi connectivity index (χ2n) is 4.27. The number of pyridine rings is 1. The fraction of sp³-hybridized carbons (Fsp3) is 0.462. The molecule has 0 radical (unpaired) electrons. The first kappa shape index (κ1) is 14.9. The molecule has 0 fully saturated rings. The lowest BCUT2D eigenvalue weighted by molar-refractivity contribution is -0.117. The van der Waals surface area contributed by atoms with Crippen molar-refractivity contribution in [1.29, 1.82) is 0 Å². The number of nitrogens with zero attached hydrogens (tertiary/aromatic N) is 1. The van der Waals surface area contributed by atoms with E-state index in [9.17, 15) is 9.59 Å². The van der Waals surface area contributed by atoms with E-state index in [2.05, 4.69) is 22.5 Å². The van der Waals surface area contributed by atoms with Gasteiger partial charge in [0.05, 0.1) is 12.6 Å². The van der Waals surface area contributed by atoms with E-state index in [4.69, 9.17) is 5.73 Å². The first-order valence-electron chi connectivity index (χ1n) is 6.36. The highest BCUT2D eigenvalue weighted by atomic mass is 16.2. The molecule has 3 amide bonds. The van der Waals surface area contributed by atoms with Crippen molar-refractivity contribution in [3.05, 3.63) is 30.1 Å². The number of amides is 3. The Morgan fingerprint density at radius 3 is 2.84 bits per heavy atom. The minimum absolute atomic E-state index is 0.110. The number of rotatable bonds is 7. The zero-order valence-corrected chi connectivity index (χ0v) is 11.1. The highest BCUT2D eigenvalue weighted by molar-refractivity contribution is 5.82. The summed E-state index contributed by atoms with van der Waals surface area (Å²) in [6.45, 7) is 1.92. The van der Waals surface area contributed by atoms with E-state index in [1.54, 1.807) is 12.4 Å². The summed E-state index contributed by atoms with van der Waals surface area (Å²) < 4.78 is 0. The van der Waals surface area contributed by atoms with Gasteiger partial charge in [0.1, 0.15) is 0 Å². The van der Waals surface area contributed by atoms with Crippen molar-refractivity contribution in [2.75, 3.05) is 6.54 Å². The highest BCUT2D eigenvalue weighted by Gasteiger charge is 2.14. The molecule has 0 aliphatic carbocycles. The molecular formula is C13H20N4O2. The topological polar surface area (TPSA) is 97.1 Å². The smallest absolute Gasteiger partial charge is 0.315 e. The van der Waals surface area contributed by atoms with Crippen molar-refractivity contribution in [3.63, 3.8) is 0 Å². The average Bonchev–Trinajstić information content (AvgIpc) is 2.42. The van der Waals surface area contributed by atoms with E-state index in [1.165, 1.54) is 0 Å². The van der Waals surface area contributed by atoms with Crippen molar-refractivity contribution >= 4 is 11.9 Å². The van der Waals surface area contributed by atoms with Crippen LogP contribution in [-0.2, 0) is 4.79 Å². The summed E-state index contributed by atoms with van der Waals surface area (Å²) in [6.07, 6.45) is 6.28. The molecule has 1 aromatic rings. The lowest BCUT2D eigenvalue weighted by Crippen LogP contribution is -2.41. The molecule has 1 aromatic heterocycles. The van der Waals surface area contributed by atoms with Gasteiger partial charge in [-0.25, -0.2) is 4.79 Å². The number of hydrogen-bond acceptors (Lipinski definition) is 3. The second-order valence-corrected chi connectivity index (χ2v) is 4.27. The summed E-state index contributed by atoms with van der Waals surface area (Å²) >= 11 is 0. The van der Waals surface area contributed by atoms with Gasteiger partial charge in [0.15, 0.2) is 0 Å². The Morgan fingerprint density at radius 2 is 2.26 bits per heavy atom. The van der Waals surface area contributed by atoms with E-state index in [-0.39, 0.29) is 12.6 Å². The van der Waals surface area contributed by atoms with Gasteiger partial charge >= 0.3 is 6.03 Å². The van der Waals surface area contributed by atoms with Crippen LogP contribution < -0.4 is 16.4 Å². The molecule has 1 atom stereocenters. The Labute approximate surface area is 112 Å². The Hall–Kier alpha value is -2.11. The van der Waals surface area contributed by atoms with Gasteiger partial charge in [-0.1, -0.05) is 25.8 Å². The first-order valence-corrected chi connectivity index (χ1v) is 6.36. The fourth-order valence-corrected chi connectivity index (χ4v) is 1.69. The first-order chi connectivity index (χ1) is 9.13. The van der Waals surface area contributed by atoms with E-state index in [1.807, 2.05) is 12.1 Å². The highest BCUT2D eigenvalue weighted by Crippen LogP contribution is 2.18. The fourth-order valence-electron chi connectivity index (χ4n) is 1.69. The SMILES string of the molecule is CCCC[C@H](NC(=O)NCC(N)=O)c1cccnc1. The largest absolute Gasteiger partial charge is 0.368 e. The van der Waals surface area contributed by atoms with Crippen molar-refractivity contribution in [2.45, 2.75) is 32.2 Å². The van der Waals surface area contributed by atoms with Crippen LogP contribution in [0.1, 0.15) is 37.8 Å². The number of unbranched alkanes of at least 4 members (excludes halogenated alkanes) is 1. The van der Waals surface area contributed by atoms with Crippen LogP contribution in [0.3, 0.4) is 0 Å². The molecule has 6 nitrogen and oxygen atoms in total. The van der Waals surface area contributed by atoms with Gasteiger partial charge in [-0.3, -0.25) is 9.78 Å². The number of nitrogens with one attached hydrogen (secondary N) is 2. The predicted octanol–water partition coefficient (Wildman–Crippen LogP) is 1.10. The summed E-state index contributed by atoms with van der Waals surface area (Å²) in [6, 6.07) is 3.24. The van der Waals surface area contributed by atoms with Gasteiger partial charge in [-0.15, -0.1) is 0 Å². The Bertz CT molecular complexity index is 408. The molecule has 4 N–H and O–H groups in total. The predicted molar refractivity (Wildman–Crippen MR) is 72.2 cm³/mol. The van der Waals surface area contributed by atoms with Crippen LogP contribution in [0.25, 0.3) is 0 Å². The molecule has 0 saturated heterocycles. The monoisotopic (exact) mass is 264 g/mol. The number of hydrogen-bond donors (Lipinski definition) is 3. The summed E-state index contributed by atoms with van der Waals surface area (Å²) in [5, 5.41) is 5.24. The van der Waals surface area contributed by atoms with E-state index >= 15 is 0 Å². The van der Waals surface area contributed by atoms with Gasteiger partial charge in [-0.05, 0) is 18.1 Å². The number of carbonyl (C=O) groups excluding carboxylic acids is 2. The van der Waals surface area contributed by atoms with Crippen molar-refractivity contribution in [2.24, 2.45) is 5.73 Å². The summed E-state index contributed by atoms with van der Waals surface area (Å²) in [5.41, 5.74) is 5.92. The van der Waals surface area contributed by atoms with Gasteiger partial charge in [0, 0.05) is 12.4 Å².